The van der Waals surface area contributed by atoms with Gasteiger partial charge in [-0.3, -0.25) is 19.7 Å². The number of benzene rings is 2. The fourth-order valence-corrected chi connectivity index (χ4v) is 4.57. The molecule has 0 unspecified atom stereocenters. The summed E-state index contributed by atoms with van der Waals surface area (Å²) < 4.78 is 27.4. The minimum Gasteiger partial charge on any atom is -0.341 e. The maximum absolute atomic E-state index is 13.7. The number of halogens is 2. The maximum atomic E-state index is 13.7. The van der Waals surface area contributed by atoms with E-state index in [9.17, 15) is 23.2 Å². The number of aliphatic imine (C=N–C) groups is 1. The van der Waals surface area contributed by atoms with Crippen molar-refractivity contribution in [1.29, 1.82) is 0 Å². The molecule has 2 heterocycles. The van der Waals surface area contributed by atoms with E-state index in [0.29, 0.717) is 37.8 Å². The SMILES string of the molecule is Cc1cccc(NC(=N[C@H]2CCCCN(CC(=O)N3CCCC3)C2=O)NC(=O)c2cc(F)cc(F)c2)c1. The lowest BCUT2D eigenvalue weighted by Crippen LogP contribution is -2.45. The third-order valence-electron chi connectivity index (χ3n) is 6.46. The van der Waals surface area contributed by atoms with Gasteiger partial charge in [-0.05, 0) is 68.9 Å². The van der Waals surface area contributed by atoms with E-state index in [2.05, 4.69) is 15.6 Å². The van der Waals surface area contributed by atoms with Crippen LogP contribution in [0.5, 0.6) is 0 Å². The van der Waals surface area contributed by atoms with E-state index in [1.54, 1.807) is 11.0 Å². The van der Waals surface area contributed by atoms with Crippen LogP contribution in [0.15, 0.2) is 47.5 Å². The van der Waals surface area contributed by atoms with Crippen molar-refractivity contribution < 1.29 is 23.2 Å². The molecule has 2 saturated heterocycles. The Bertz CT molecular complexity index is 1180. The predicted molar refractivity (Wildman–Crippen MR) is 136 cm³/mol. The van der Waals surface area contributed by atoms with Crippen LogP contribution in [-0.4, -0.2) is 65.7 Å². The van der Waals surface area contributed by atoms with E-state index >= 15 is 0 Å². The van der Waals surface area contributed by atoms with E-state index in [1.807, 2.05) is 25.1 Å². The van der Waals surface area contributed by atoms with Crippen LogP contribution in [0.1, 0.15) is 48.0 Å². The van der Waals surface area contributed by atoms with Gasteiger partial charge >= 0.3 is 0 Å². The lowest BCUT2D eigenvalue weighted by molar-refractivity contribution is -0.140. The smallest absolute Gasteiger partial charge is 0.258 e. The van der Waals surface area contributed by atoms with Crippen LogP contribution in [0.2, 0.25) is 0 Å². The topological polar surface area (TPSA) is 94.1 Å². The standard InChI is InChI=1S/C27H31F2N5O3/c1-18-7-6-8-22(13-18)30-27(32-25(36)19-14-20(28)16-21(29)15-19)31-23-9-2-3-12-34(26(23)37)17-24(35)33-10-4-5-11-33/h6-8,13-16,23H,2-5,9-12,17H2,1H3,(H2,30,31,32,36)/t23-/m0/s1. The van der Waals surface area contributed by atoms with Crippen molar-refractivity contribution >= 4 is 29.4 Å². The van der Waals surface area contributed by atoms with Gasteiger partial charge in [-0.25, -0.2) is 13.8 Å². The average molecular weight is 512 g/mol. The number of nitrogens with zero attached hydrogens (tertiary/aromatic N) is 3. The Balaban J connectivity index is 1.57. The van der Waals surface area contributed by atoms with Gasteiger partial charge < -0.3 is 15.1 Å². The van der Waals surface area contributed by atoms with Gasteiger partial charge in [0.2, 0.25) is 17.8 Å². The van der Waals surface area contributed by atoms with E-state index in [1.165, 1.54) is 4.90 Å². The molecule has 2 aromatic rings. The Morgan fingerprint density at radius 2 is 1.70 bits per heavy atom. The number of amides is 3. The number of aryl methyl sites for hydroxylation is 1. The molecule has 2 N–H and O–H groups in total. The van der Waals surface area contributed by atoms with Crippen LogP contribution < -0.4 is 10.6 Å². The molecule has 10 heteroatoms. The zero-order valence-corrected chi connectivity index (χ0v) is 20.8. The minimum absolute atomic E-state index is 0.000420. The molecule has 0 bridgehead atoms. The van der Waals surface area contributed by atoms with Crippen LogP contribution in [0, 0.1) is 18.6 Å². The van der Waals surface area contributed by atoms with Crippen molar-refractivity contribution in [1.82, 2.24) is 15.1 Å². The molecule has 1 atom stereocenters. The third-order valence-corrected chi connectivity index (χ3v) is 6.46. The number of guanidine groups is 1. The van der Waals surface area contributed by atoms with Gasteiger partial charge in [-0.1, -0.05) is 12.1 Å². The monoisotopic (exact) mass is 511 g/mol. The summed E-state index contributed by atoms with van der Waals surface area (Å²) >= 11 is 0. The molecule has 0 spiro atoms. The summed E-state index contributed by atoms with van der Waals surface area (Å²) in [6, 6.07) is 9.02. The number of carbonyl (C=O) groups is 3. The molecule has 0 aliphatic carbocycles. The van der Waals surface area contributed by atoms with Crippen LogP contribution in [0.25, 0.3) is 0 Å². The maximum Gasteiger partial charge on any atom is 0.258 e. The number of likely N-dealkylation sites (tertiary alicyclic amines) is 2. The van der Waals surface area contributed by atoms with Gasteiger partial charge in [0.05, 0.1) is 6.54 Å². The molecular formula is C27H31F2N5O3. The van der Waals surface area contributed by atoms with Gasteiger partial charge in [-0.2, -0.15) is 0 Å². The van der Waals surface area contributed by atoms with E-state index in [4.69, 9.17) is 0 Å². The molecule has 37 heavy (non-hydrogen) atoms. The molecule has 196 valence electrons. The molecular weight excluding hydrogens is 480 g/mol. The molecule has 4 rings (SSSR count). The fourth-order valence-electron chi connectivity index (χ4n) is 4.57. The summed E-state index contributed by atoms with van der Waals surface area (Å²) in [6.07, 6.45) is 3.83. The molecule has 2 aliphatic rings. The van der Waals surface area contributed by atoms with Gasteiger partial charge in [0.25, 0.3) is 5.91 Å². The second-order valence-electron chi connectivity index (χ2n) is 9.44. The fraction of sp³-hybridized carbons (Fsp3) is 0.407. The average Bonchev–Trinajstić information content (AvgIpc) is 3.34. The Morgan fingerprint density at radius 3 is 2.41 bits per heavy atom. The Labute approximate surface area is 214 Å². The van der Waals surface area contributed by atoms with Crippen molar-refractivity contribution in [2.45, 2.75) is 45.1 Å². The van der Waals surface area contributed by atoms with E-state index in [0.717, 1.165) is 43.4 Å². The number of hydrogen-bond acceptors (Lipinski definition) is 4. The summed E-state index contributed by atoms with van der Waals surface area (Å²) in [5, 5.41) is 5.59. The van der Waals surface area contributed by atoms with Gasteiger partial charge in [0.15, 0.2) is 0 Å². The highest BCUT2D eigenvalue weighted by molar-refractivity contribution is 6.10. The number of rotatable bonds is 5. The molecule has 2 aliphatic heterocycles. The first-order chi connectivity index (χ1) is 17.8. The summed E-state index contributed by atoms with van der Waals surface area (Å²) in [5.74, 6) is -2.93. The van der Waals surface area contributed by atoms with Crippen molar-refractivity contribution in [3.63, 3.8) is 0 Å². The largest absolute Gasteiger partial charge is 0.341 e. The van der Waals surface area contributed by atoms with Gasteiger partial charge in [0.1, 0.15) is 17.7 Å². The zero-order valence-electron chi connectivity index (χ0n) is 20.8. The summed E-state index contributed by atoms with van der Waals surface area (Å²) in [5.41, 5.74) is 1.35. The van der Waals surface area contributed by atoms with Crippen LogP contribution in [-0.2, 0) is 9.59 Å². The Kier molecular flexibility index (Phi) is 8.47. The molecule has 8 nitrogen and oxygen atoms in total. The zero-order chi connectivity index (χ0) is 26.4. The van der Waals surface area contributed by atoms with E-state index < -0.39 is 23.6 Å². The van der Waals surface area contributed by atoms with Crippen LogP contribution in [0.3, 0.4) is 0 Å². The molecule has 2 aromatic carbocycles. The number of anilines is 1. The third kappa shape index (κ3) is 7.12. The molecule has 2 fully saturated rings. The van der Waals surface area contributed by atoms with Gasteiger partial charge in [-0.15, -0.1) is 0 Å². The summed E-state index contributed by atoms with van der Waals surface area (Å²) in [7, 11) is 0. The quantitative estimate of drug-likeness (QED) is 0.475. The van der Waals surface area contributed by atoms with Crippen molar-refractivity contribution in [3.8, 4) is 0 Å². The number of hydrogen-bond donors (Lipinski definition) is 2. The molecule has 3 amide bonds. The molecule has 0 aromatic heterocycles. The number of carbonyl (C=O) groups excluding carboxylic acids is 3. The second-order valence-corrected chi connectivity index (χ2v) is 9.44. The van der Waals surface area contributed by atoms with Crippen molar-refractivity contribution in [2.75, 3.05) is 31.5 Å². The van der Waals surface area contributed by atoms with E-state index in [-0.39, 0.29) is 29.9 Å². The highest BCUT2D eigenvalue weighted by Crippen LogP contribution is 2.18. The highest BCUT2D eigenvalue weighted by Gasteiger charge is 2.30. The van der Waals surface area contributed by atoms with Crippen molar-refractivity contribution in [2.24, 2.45) is 4.99 Å². The first kappa shape index (κ1) is 26.2. The number of nitrogens with one attached hydrogen (secondary N) is 2. The summed E-state index contributed by atoms with van der Waals surface area (Å²) in [4.78, 5) is 46.8. The van der Waals surface area contributed by atoms with Crippen molar-refractivity contribution in [3.05, 3.63) is 65.2 Å². The lowest BCUT2D eigenvalue weighted by Gasteiger charge is -2.25. The second kappa shape index (κ2) is 11.9. The van der Waals surface area contributed by atoms with Crippen LogP contribution >= 0.6 is 0 Å². The predicted octanol–water partition coefficient (Wildman–Crippen LogP) is 3.47. The normalized spacial score (nSPS) is 18.5. The first-order valence-electron chi connectivity index (χ1n) is 12.5. The Hall–Kier alpha value is -3.82. The highest BCUT2D eigenvalue weighted by atomic mass is 19.1. The Morgan fingerprint density at radius 1 is 1.00 bits per heavy atom. The van der Waals surface area contributed by atoms with Gasteiger partial charge in [0, 0.05) is 37.0 Å². The first-order valence-corrected chi connectivity index (χ1v) is 12.5. The van der Waals surface area contributed by atoms with Crippen LogP contribution in [0.4, 0.5) is 14.5 Å². The minimum atomic E-state index is -0.882. The molecule has 0 radical (unpaired) electrons. The lowest BCUT2D eigenvalue weighted by atomic mass is 10.1. The summed E-state index contributed by atoms with van der Waals surface area (Å²) in [6.45, 7) is 3.78. The molecule has 0 saturated carbocycles.